The molecule has 1 aliphatic heterocycles. The Hall–Kier alpha value is -1.81. The first-order chi connectivity index (χ1) is 10.4. The van der Waals surface area contributed by atoms with Crippen molar-refractivity contribution < 1.29 is 23.7 Å². The van der Waals surface area contributed by atoms with Gasteiger partial charge in [0.05, 0.1) is 51.3 Å². The predicted molar refractivity (Wildman–Crippen MR) is 74.6 cm³/mol. The van der Waals surface area contributed by atoms with Crippen LogP contribution in [0.1, 0.15) is 5.56 Å². The molecule has 21 heavy (non-hydrogen) atoms. The predicted octanol–water partition coefficient (Wildman–Crippen LogP) is 1.38. The van der Waals surface area contributed by atoms with Crippen LogP contribution in [0.25, 0.3) is 0 Å². The number of nitrogens with zero attached hydrogens (tertiary/aromatic N) is 1. The number of benzene rings is 1. The summed E-state index contributed by atoms with van der Waals surface area (Å²) >= 11 is 0. The maximum absolute atomic E-state index is 8.94. The van der Waals surface area contributed by atoms with Crippen LogP contribution in [-0.2, 0) is 14.2 Å². The molecule has 0 fully saturated rings. The van der Waals surface area contributed by atoms with Gasteiger partial charge in [-0.3, -0.25) is 0 Å². The number of ether oxygens (including phenoxy) is 5. The van der Waals surface area contributed by atoms with Gasteiger partial charge in [-0.15, -0.1) is 0 Å². The van der Waals surface area contributed by atoms with Gasteiger partial charge in [-0.2, -0.15) is 5.26 Å². The van der Waals surface area contributed by atoms with Gasteiger partial charge < -0.3 is 23.7 Å². The highest BCUT2D eigenvalue weighted by Gasteiger charge is 2.07. The highest BCUT2D eigenvalue weighted by molar-refractivity contribution is 5.46. The highest BCUT2D eigenvalue weighted by Crippen LogP contribution is 2.28. The summed E-state index contributed by atoms with van der Waals surface area (Å²) in [5.74, 6) is 1.15. The Balaban J connectivity index is 1.98. The second kappa shape index (κ2) is 9.19. The van der Waals surface area contributed by atoms with Crippen molar-refractivity contribution in [1.82, 2.24) is 0 Å². The van der Waals surface area contributed by atoms with Crippen molar-refractivity contribution in [1.29, 1.82) is 5.26 Å². The Labute approximate surface area is 124 Å². The number of hydrogen-bond donors (Lipinski definition) is 0. The van der Waals surface area contributed by atoms with E-state index in [9.17, 15) is 0 Å². The van der Waals surface area contributed by atoms with Gasteiger partial charge in [0.15, 0.2) is 11.5 Å². The summed E-state index contributed by atoms with van der Waals surface area (Å²) in [5, 5.41) is 8.94. The van der Waals surface area contributed by atoms with Crippen LogP contribution in [0.4, 0.5) is 0 Å². The summed E-state index contributed by atoms with van der Waals surface area (Å²) in [6, 6.07) is 7.17. The van der Waals surface area contributed by atoms with Gasteiger partial charge in [0.25, 0.3) is 0 Å². The Kier molecular flexibility index (Phi) is 6.81. The Morgan fingerprint density at radius 2 is 1.24 bits per heavy atom. The lowest BCUT2D eigenvalue weighted by Gasteiger charge is -2.13. The first-order valence-electron chi connectivity index (χ1n) is 6.93. The van der Waals surface area contributed by atoms with Crippen LogP contribution >= 0.6 is 0 Å². The van der Waals surface area contributed by atoms with Crippen LogP contribution in [0.15, 0.2) is 18.2 Å². The van der Waals surface area contributed by atoms with Crippen LogP contribution in [0.3, 0.4) is 0 Å². The van der Waals surface area contributed by atoms with Crippen LogP contribution in [0.5, 0.6) is 11.5 Å². The molecule has 6 heteroatoms. The van der Waals surface area contributed by atoms with E-state index in [0.29, 0.717) is 69.9 Å². The smallest absolute Gasteiger partial charge is 0.162 e. The molecule has 0 saturated heterocycles. The minimum Gasteiger partial charge on any atom is -0.487 e. The SMILES string of the molecule is N#Cc1ccc2c(c1)OCCOCCOCCOCCO2. The molecule has 1 aromatic rings. The standard InChI is InChI=1S/C15H19NO5/c16-12-13-1-2-14-15(11-13)21-10-8-19-6-4-17-3-5-18-7-9-20-14/h1-2,11H,3-10H2. The molecule has 0 spiro atoms. The first-order valence-corrected chi connectivity index (χ1v) is 6.93. The molecule has 1 aliphatic rings. The van der Waals surface area contributed by atoms with Gasteiger partial charge in [-0.1, -0.05) is 0 Å². The second-order valence-electron chi connectivity index (χ2n) is 4.31. The summed E-state index contributed by atoms with van der Waals surface area (Å²) in [6.45, 7) is 3.86. The van der Waals surface area contributed by atoms with Crippen molar-refractivity contribution in [3.05, 3.63) is 23.8 Å². The zero-order valence-corrected chi connectivity index (χ0v) is 11.9. The lowest BCUT2D eigenvalue weighted by molar-refractivity contribution is 0.00708. The van der Waals surface area contributed by atoms with Gasteiger partial charge in [0, 0.05) is 6.07 Å². The zero-order chi connectivity index (χ0) is 14.8. The van der Waals surface area contributed by atoms with E-state index in [1.165, 1.54) is 0 Å². The van der Waals surface area contributed by atoms with Gasteiger partial charge >= 0.3 is 0 Å². The van der Waals surface area contributed by atoms with Gasteiger partial charge in [-0.25, -0.2) is 0 Å². The molecule has 0 radical (unpaired) electrons. The van der Waals surface area contributed by atoms with E-state index in [1.807, 2.05) is 0 Å². The summed E-state index contributed by atoms with van der Waals surface area (Å²) in [7, 11) is 0. The van der Waals surface area contributed by atoms with E-state index in [2.05, 4.69) is 6.07 Å². The lowest BCUT2D eigenvalue weighted by Crippen LogP contribution is -2.13. The fraction of sp³-hybridized carbons (Fsp3) is 0.533. The molecule has 0 atom stereocenters. The molecule has 0 N–H and O–H groups in total. The van der Waals surface area contributed by atoms with Crippen LogP contribution < -0.4 is 9.47 Å². The molecule has 0 amide bonds. The van der Waals surface area contributed by atoms with Gasteiger partial charge in [0.1, 0.15) is 13.2 Å². The molecule has 0 aromatic heterocycles. The van der Waals surface area contributed by atoms with Crippen molar-refractivity contribution in [3.63, 3.8) is 0 Å². The first kappa shape index (κ1) is 15.6. The maximum atomic E-state index is 8.94. The fourth-order valence-electron chi connectivity index (χ4n) is 1.77. The third-order valence-electron chi connectivity index (χ3n) is 2.79. The molecule has 6 nitrogen and oxygen atoms in total. The Morgan fingerprint density at radius 3 is 1.81 bits per heavy atom. The molecule has 0 unspecified atom stereocenters. The van der Waals surface area contributed by atoms with Crippen molar-refractivity contribution in [3.8, 4) is 17.6 Å². The number of rotatable bonds is 0. The van der Waals surface area contributed by atoms with Crippen molar-refractivity contribution >= 4 is 0 Å². The summed E-state index contributed by atoms with van der Waals surface area (Å²) in [6.07, 6.45) is 0. The zero-order valence-electron chi connectivity index (χ0n) is 11.9. The maximum Gasteiger partial charge on any atom is 0.162 e. The second-order valence-corrected chi connectivity index (χ2v) is 4.31. The van der Waals surface area contributed by atoms with E-state index < -0.39 is 0 Å². The fourth-order valence-corrected chi connectivity index (χ4v) is 1.77. The lowest BCUT2D eigenvalue weighted by atomic mass is 10.2. The number of nitriles is 1. The quantitative estimate of drug-likeness (QED) is 0.719. The topological polar surface area (TPSA) is 69.9 Å². The number of fused-ring (bicyclic) bond motifs is 1. The average molecular weight is 293 g/mol. The molecule has 114 valence electrons. The third-order valence-corrected chi connectivity index (χ3v) is 2.79. The molecule has 1 aromatic carbocycles. The average Bonchev–Trinajstić information content (AvgIpc) is 2.52. The van der Waals surface area contributed by atoms with Crippen molar-refractivity contribution in [2.75, 3.05) is 52.9 Å². The van der Waals surface area contributed by atoms with Crippen LogP contribution in [0.2, 0.25) is 0 Å². The molecular weight excluding hydrogens is 274 g/mol. The normalized spacial score (nSPS) is 18.0. The van der Waals surface area contributed by atoms with E-state index in [4.69, 9.17) is 28.9 Å². The van der Waals surface area contributed by atoms with Crippen molar-refractivity contribution in [2.24, 2.45) is 0 Å². The summed E-state index contributed by atoms with van der Waals surface area (Å²) in [5.41, 5.74) is 0.529. The van der Waals surface area contributed by atoms with Crippen LogP contribution in [0, 0.1) is 11.3 Å². The van der Waals surface area contributed by atoms with E-state index in [1.54, 1.807) is 18.2 Å². The van der Waals surface area contributed by atoms with Crippen LogP contribution in [-0.4, -0.2) is 52.9 Å². The molecule has 0 saturated carbocycles. The third kappa shape index (κ3) is 5.60. The summed E-state index contributed by atoms with van der Waals surface area (Å²) in [4.78, 5) is 0. The van der Waals surface area contributed by atoms with Crippen molar-refractivity contribution in [2.45, 2.75) is 0 Å². The number of hydrogen-bond acceptors (Lipinski definition) is 6. The minimum absolute atomic E-state index is 0.391. The minimum atomic E-state index is 0.391. The molecule has 0 bridgehead atoms. The Morgan fingerprint density at radius 1 is 0.714 bits per heavy atom. The van der Waals surface area contributed by atoms with E-state index in [0.717, 1.165) is 0 Å². The monoisotopic (exact) mass is 293 g/mol. The van der Waals surface area contributed by atoms with Gasteiger partial charge in [-0.05, 0) is 12.1 Å². The summed E-state index contributed by atoms with van der Waals surface area (Å²) < 4.78 is 27.3. The largest absolute Gasteiger partial charge is 0.487 e. The van der Waals surface area contributed by atoms with E-state index >= 15 is 0 Å². The Bertz CT molecular complexity index is 472. The highest BCUT2D eigenvalue weighted by atomic mass is 16.6. The molecular formula is C15H19NO5. The molecule has 2 rings (SSSR count). The van der Waals surface area contributed by atoms with E-state index in [-0.39, 0.29) is 0 Å². The van der Waals surface area contributed by atoms with Gasteiger partial charge in [0.2, 0.25) is 0 Å². The molecule has 0 aliphatic carbocycles. The molecule has 1 heterocycles.